The second-order valence-corrected chi connectivity index (χ2v) is 7.50. The molecular formula is C18H25N3O. The van der Waals surface area contributed by atoms with E-state index in [1.807, 2.05) is 12.1 Å². The highest BCUT2D eigenvalue weighted by atomic mass is 16.2. The first kappa shape index (κ1) is 14.2. The second-order valence-electron chi connectivity index (χ2n) is 7.50. The van der Waals surface area contributed by atoms with Crippen LogP contribution in [0.25, 0.3) is 0 Å². The van der Waals surface area contributed by atoms with Gasteiger partial charge in [0.2, 0.25) is 0 Å². The van der Waals surface area contributed by atoms with E-state index in [4.69, 9.17) is 0 Å². The fraction of sp³-hybridized carbons (Fsp3) is 0.667. The number of pyridine rings is 1. The minimum Gasteiger partial charge on any atom is -0.338 e. The highest BCUT2D eigenvalue weighted by Crippen LogP contribution is 2.41. The molecule has 3 heterocycles. The molecule has 1 aromatic rings. The first-order chi connectivity index (χ1) is 10.7. The Morgan fingerprint density at radius 3 is 2.95 bits per heavy atom. The van der Waals surface area contributed by atoms with Crippen molar-refractivity contribution >= 4 is 5.91 Å². The zero-order chi connectivity index (χ0) is 15.0. The van der Waals surface area contributed by atoms with Crippen LogP contribution >= 0.6 is 0 Å². The van der Waals surface area contributed by atoms with Crippen molar-refractivity contribution in [1.29, 1.82) is 0 Å². The Bertz CT molecular complexity index is 543. The smallest absolute Gasteiger partial charge is 0.255 e. The number of likely N-dealkylation sites (tertiary alicyclic amines) is 2. The van der Waals surface area contributed by atoms with Gasteiger partial charge in [-0.2, -0.15) is 0 Å². The summed E-state index contributed by atoms with van der Waals surface area (Å²) in [5.74, 6) is 1.12. The van der Waals surface area contributed by atoms with Gasteiger partial charge in [-0.1, -0.05) is 0 Å². The molecule has 1 saturated carbocycles. The maximum atomic E-state index is 12.7. The van der Waals surface area contributed by atoms with Crippen molar-refractivity contribution in [3.05, 3.63) is 30.1 Å². The summed E-state index contributed by atoms with van der Waals surface area (Å²) in [5, 5.41) is 0. The quantitative estimate of drug-likeness (QED) is 0.860. The van der Waals surface area contributed by atoms with Gasteiger partial charge in [0.05, 0.1) is 5.56 Å². The van der Waals surface area contributed by atoms with Crippen LogP contribution in [0, 0.1) is 11.3 Å². The summed E-state index contributed by atoms with van der Waals surface area (Å²) in [6.45, 7) is 5.55. The van der Waals surface area contributed by atoms with Gasteiger partial charge in [-0.05, 0) is 56.7 Å². The number of amides is 1. The van der Waals surface area contributed by atoms with Crippen molar-refractivity contribution in [3.63, 3.8) is 0 Å². The van der Waals surface area contributed by atoms with Crippen LogP contribution in [0.2, 0.25) is 0 Å². The zero-order valence-electron chi connectivity index (χ0n) is 13.2. The van der Waals surface area contributed by atoms with Gasteiger partial charge >= 0.3 is 0 Å². The summed E-state index contributed by atoms with van der Waals surface area (Å²) in [6.07, 6.45) is 9.95. The van der Waals surface area contributed by atoms with Crippen LogP contribution in [-0.2, 0) is 0 Å². The molecule has 1 amide bonds. The Kier molecular flexibility index (Phi) is 3.65. The molecule has 0 aromatic carbocycles. The molecule has 22 heavy (non-hydrogen) atoms. The maximum absolute atomic E-state index is 12.7. The van der Waals surface area contributed by atoms with Gasteiger partial charge in [0.1, 0.15) is 0 Å². The van der Waals surface area contributed by atoms with E-state index in [1.54, 1.807) is 12.4 Å². The van der Waals surface area contributed by atoms with E-state index in [2.05, 4.69) is 14.8 Å². The van der Waals surface area contributed by atoms with E-state index in [9.17, 15) is 4.79 Å². The van der Waals surface area contributed by atoms with Crippen molar-refractivity contribution in [1.82, 2.24) is 14.8 Å². The molecule has 1 aliphatic carbocycles. The summed E-state index contributed by atoms with van der Waals surface area (Å²) >= 11 is 0. The Morgan fingerprint density at radius 2 is 2.18 bits per heavy atom. The monoisotopic (exact) mass is 299 g/mol. The molecule has 4 heteroatoms. The molecule has 0 bridgehead atoms. The van der Waals surface area contributed by atoms with Crippen molar-refractivity contribution < 1.29 is 4.79 Å². The van der Waals surface area contributed by atoms with Gasteiger partial charge in [0.15, 0.2) is 0 Å². The molecule has 2 aliphatic heterocycles. The molecule has 2 saturated heterocycles. The first-order valence-electron chi connectivity index (χ1n) is 8.66. The van der Waals surface area contributed by atoms with Gasteiger partial charge in [0, 0.05) is 44.0 Å². The van der Waals surface area contributed by atoms with Crippen LogP contribution in [0.4, 0.5) is 0 Å². The molecule has 1 unspecified atom stereocenters. The molecule has 1 spiro atoms. The van der Waals surface area contributed by atoms with Crippen molar-refractivity contribution in [3.8, 4) is 0 Å². The van der Waals surface area contributed by atoms with Gasteiger partial charge in [-0.3, -0.25) is 9.78 Å². The minimum atomic E-state index is 0.160. The molecule has 4 nitrogen and oxygen atoms in total. The predicted octanol–water partition coefficient (Wildman–Crippen LogP) is 2.42. The Balaban J connectivity index is 1.42. The van der Waals surface area contributed by atoms with E-state index in [-0.39, 0.29) is 5.91 Å². The largest absolute Gasteiger partial charge is 0.338 e. The van der Waals surface area contributed by atoms with Gasteiger partial charge < -0.3 is 9.80 Å². The van der Waals surface area contributed by atoms with Gasteiger partial charge in [-0.25, -0.2) is 0 Å². The van der Waals surface area contributed by atoms with Crippen LogP contribution in [0.15, 0.2) is 24.5 Å². The number of aromatic nitrogens is 1. The minimum absolute atomic E-state index is 0.160. The van der Waals surface area contributed by atoms with Crippen LogP contribution < -0.4 is 0 Å². The molecule has 118 valence electrons. The fourth-order valence-corrected chi connectivity index (χ4v) is 4.24. The van der Waals surface area contributed by atoms with Crippen molar-refractivity contribution in [2.24, 2.45) is 11.3 Å². The zero-order valence-corrected chi connectivity index (χ0v) is 13.2. The Labute approximate surface area is 132 Å². The standard InChI is InChI=1S/C18H25N3O/c22-17(16-3-1-8-19-11-16)21-9-2-6-18(14-21)7-10-20(13-18)12-15-4-5-15/h1,3,8,11,15H,2,4-7,9-10,12-14H2. The predicted molar refractivity (Wildman–Crippen MR) is 85.6 cm³/mol. The fourth-order valence-electron chi connectivity index (χ4n) is 4.24. The first-order valence-corrected chi connectivity index (χ1v) is 8.66. The Hall–Kier alpha value is -1.42. The number of nitrogens with zero attached hydrogens (tertiary/aromatic N) is 3. The molecular weight excluding hydrogens is 274 g/mol. The number of hydrogen-bond acceptors (Lipinski definition) is 3. The van der Waals surface area contributed by atoms with E-state index in [1.165, 1.54) is 45.3 Å². The number of carbonyl (C=O) groups is 1. The normalized spacial score (nSPS) is 29.2. The molecule has 3 aliphatic rings. The Morgan fingerprint density at radius 1 is 1.27 bits per heavy atom. The molecule has 1 atom stereocenters. The third kappa shape index (κ3) is 2.89. The van der Waals surface area contributed by atoms with Crippen molar-refractivity contribution in [2.75, 3.05) is 32.7 Å². The lowest BCUT2D eigenvalue weighted by Gasteiger charge is -2.40. The topological polar surface area (TPSA) is 36.4 Å². The van der Waals surface area contributed by atoms with E-state index in [0.717, 1.165) is 31.0 Å². The third-order valence-electron chi connectivity index (χ3n) is 5.59. The molecule has 0 N–H and O–H groups in total. The number of hydrogen-bond donors (Lipinski definition) is 0. The van der Waals surface area contributed by atoms with E-state index >= 15 is 0 Å². The van der Waals surface area contributed by atoms with Crippen molar-refractivity contribution in [2.45, 2.75) is 32.1 Å². The van der Waals surface area contributed by atoms with Crippen LogP contribution in [0.5, 0.6) is 0 Å². The second kappa shape index (κ2) is 5.65. The number of carbonyl (C=O) groups excluding carboxylic acids is 1. The van der Waals surface area contributed by atoms with Crippen LogP contribution in [-0.4, -0.2) is 53.4 Å². The van der Waals surface area contributed by atoms with Gasteiger partial charge in [-0.15, -0.1) is 0 Å². The van der Waals surface area contributed by atoms with Crippen LogP contribution in [0.1, 0.15) is 42.5 Å². The lowest BCUT2D eigenvalue weighted by Crippen LogP contribution is -2.47. The number of rotatable bonds is 3. The van der Waals surface area contributed by atoms with Gasteiger partial charge in [0.25, 0.3) is 5.91 Å². The molecule has 1 aromatic heterocycles. The molecule has 3 fully saturated rings. The average Bonchev–Trinajstić information content (AvgIpc) is 3.29. The molecule has 0 radical (unpaired) electrons. The third-order valence-corrected chi connectivity index (χ3v) is 5.59. The highest BCUT2D eigenvalue weighted by molar-refractivity contribution is 5.94. The van der Waals surface area contributed by atoms with E-state index in [0.29, 0.717) is 5.41 Å². The number of piperidine rings is 1. The summed E-state index contributed by atoms with van der Waals surface area (Å²) < 4.78 is 0. The van der Waals surface area contributed by atoms with E-state index < -0.39 is 0 Å². The average molecular weight is 299 g/mol. The van der Waals surface area contributed by atoms with Crippen LogP contribution in [0.3, 0.4) is 0 Å². The summed E-state index contributed by atoms with van der Waals surface area (Å²) in [4.78, 5) is 21.5. The molecule has 4 rings (SSSR count). The SMILES string of the molecule is O=C(c1cccnc1)N1CCCC2(CCN(CC3CC3)C2)C1. The maximum Gasteiger partial charge on any atom is 0.255 e. The lowest BCUT2D eigenvalue weighted by atomic mass is 9.79. The summed E-state index contributed by atoms with van der Waals surface area (Å²) in [7, 11) is 0. The lowest BCUT2D eigenvalue weighted by molar-refractivity contribution is 0.0527. The highest BCUT2D eigenvalue weighted by Gasteiger charge is 2.43. The summed E-state index contributed by atoms with van der Waals surface area (Å²) in [6, 6.07) is 3.73. The summed E-state index contributed by atoms with van der Waals surface area (Å²) in [5.41, 5.74) is 1.08.